The molecule has 38 heavy (non-hydrogen) atoms. The first-order chi connectivity index (χ1) is 18.7. The normalized spacial score (nSPS) is 11.1. The van der Waals surface area contributed by atoms with Crippen molar-refractivity contribution in [1.29, 1.82) is 0 Å². The van der Waals surface area contributed by atoms with E-state index in [9.17, 15) is 9.59 Å². The van der Waals surface area contributed by atoms with Gasteiger partial charge in [0.1, 0.15) is 13.2 Å². The Bertz CT molecular complexity index is 457. The molecule has 0 N–H and O–H groups in total. The van der Waals surface area contributed by atoms with E-state index in [2.05, 4.69) is 13.8 Å². The van der Waals surface area contributed by atoms with Gasteiger partial charge in [-0.25, -0.2) is 0 Å². The number of ether oxygens (including phenoxy) is 6. The summed E-state index contributed by atoms with van der Waals surface area (Å²) in [4.78, 5) is 23.3. The zero-order valence-corrected chi connectivity index (χ0v) is 24.7. The maximum Gasteiger partial charge on any atom is 0.305 e. The average Bonchev–Trinajstić information content (AvgIpc) is 2.91. The Balaban J connectivity index is 3.19. The minimum atomic E-state index is -0.139. The number of carbonyl (C=O) groups excluding carboxylic acids is 2. The fourth-order valence-electron chi connectivity index (χ4n) is 3.79. The first kappa shape index (κ1) is 36.8. The average molecular weight is 547 g/mol. The van der Waals surface area contributed by atoms with Crippen molar-refractivity contribution in [1.82, 2.24) is 0 Å². The van der Waals surface area contributed by atoms with Crippen LogP contribution in [0.2, 0.25) is 0 Å². The van der Waals surface area contributed by atoms with Gasteiger partial charge in [0.05, 0.1) is 52.9 Å². The Morgan fingerprint density at radius 1 is 0.368 bits per heavy atom. The highest BCUT2D eigenvalue weighted by molar-refractivity contribution is 5.69. The zero-order valence-electron chi connectivity index (χ0n) is 24.7. The third kappa shape index (κ3) is 31.0. The van der Waals surface area contributed by atoms with Gasteiger partial charge in [0.25, 0.3) is 0 Å². The molecule has 0 atom stereocenters. The molecule has 226 valence electrons. The van der Waals surface area contributed by atoms with Crippen LogP contribution in [0, 0.1) is 0 Å². The maximum atomic E-state index is 11.7. The molecule has 0 aromatic rings. The molecule has 0 aromatic carbocycles. The Morgan fingerprint density at radius 3 is 0.947 bits per heavy atom. The molecule has 8 nitrogen and oxygen atoms in total. The zero-order chi connectivity index (χ0) is 27.8. The summed E-state index contributed by atoms with van der Waals surface area (Å²) in [5.74, 6) is -0.279. The summed E-state index contributed by atoms with van der Waals surface area (Å²) in [7, 11) is 0. The van der Waals surface area contributed by atoms with Crippen LogP contribution in [0.3, 0.4) is 0 Å². The van der Waals surface area contributed by atoms with E-state index >= 15 is 0 Å². The number of rotatable bonds is 31. The SMILES string of the molecule is CCCCCCCCCC(=O)OCCOCCOCCOCCOCCOC(=O)CCCCCCCCC. The van der Waals surface area contributed by atoms with Crippen LogP contribution in [0.5, 0.6) is 0 Å². The fraction of sp³-hybridized carbons (Fsp3) is 0.933. The van der Waals surface area contributed by atoms with Gasteiger partial charge in [-0.2, -0.15) is 0 Å². The highest BCUT2D eigenvalue weighted by atomic mass is 16.6. The Morgan fingerprint density at radius 2 is 0.632 bits per heavy atom. The van der Waals surface area contributed by atoms with E-state index in [1.165, 1.54) is 64.2 Å². The van der Waals surface area contributed by atoms with Crippen LogP contribution in [0.15, 0.2) is 0 Å². The van der Waals surface area contributed by atoms with E-state index in [-0.39, 0.29) is 25.2 Å². The van der Waals surface area contributed by atoms with E-state index in [4.69, 9.17) is 28.4 Å². The van der Waals surface area contributed by atoms with Crippen molar-refractivity contribution < 1.29 is 38.0 Å². The van der Waals surface area contributed by atoms with Gasteiger partial charge in [0.15, 0.2) is 0 Å². The molecule has 0 spiro atoms. The lowest BCUT2D eigenvalue weighted by molar-refractivity contribution is -0.146. The van der Waals surface area contributed by atoms with Gasteiger partial charge in [0, 0.05) is 12.8 Å². The molecule has 0 aliphatic heterocycles. The van der Waals surface area contributed by atoms with E-state index in [1.54, 1.807) is 0 Å². The summed E-state index contributed by atoms with van der Waals surface area (Å²) in [5.41, 5.74) is 0. The highest BCUT2D eigenvalue weighted by Crippen LogP contribution is 2.09. The predicted molar refractivity (Wildman–Crippen MR) is 150 cm³/mol. The molecule has 0 heterocycles. The van der Waals surface area contributed by atoms with Gasteiger partial charge in [-0.15, -0.1) is 0 Å². The van der Waals surface area contributed by atoms with Crippen molar-refractivity contribution in [3.05, 3.63) is 0 Å². The summed E-state index contributed by atoms with van der Waals surface area (Å²) < 4.78 is 32.1. The van der Waals surface area contributed by atoms with E-state index in [1.807, 2.05) is 0 Å². The molecule has 0 unspecified atom stereocenters. The molecule has 0 aliphatic carbocycles. The Labute approximate surface area is 232 Å². The predicted octanol–water partition coefficient (Wildman–Crippen LogP) is 6.42. The molecular weight excluding hydrogens is 488 g/mol. The molecular formula is C30H58O8. The van der Waals surface area contributed by atoms with Gasteiger partial charge in [-0.1, -0.05) is 90.9 Å². The fourth-order valence-corrected chi connectivity index (χ4v) is 3.79. The molecule has 0 rings (SSSR count). The lowest BCUT2D eigenvalue weighted by Gasteiger charge is -2.08. The van der Waals surface area contributed by atoms with Gasteiger partial charge in [-0.3, -0.25) is 9.59 Å². The molecule has 0 aromatic heterocycles. The van der Waals surface area contributed by atoms with Crippen LogP contribution in [0.1, 0.15) is 117 Å². The third-order valence-corrected chi connectivity index (χ3v) is 6.07. The van der Waals surface area contributed by atoms with Crippen molar-refractivity contribution in [3.8, 4) is 0 Å². The maximum absolute atomic E-state index is 11.7. The largest absolute Gasteiger partial charge is 0.463 e. The molecule has 0 saturated heterocycles. The Kier molecular flexibility index (Phi) is 31.0. The molecule has 0 radical (unpaired) electrons. The van der Waals surface area contributed by atoms with Gasteiger partial charge in [-0.05, 0) is 12.8 Å². The van der Waals surface area contributed by atoms with Crippen LogP contribution in [0.25, 0.3) is 0 Å². The molecule has 0 bridgehead atoms. The number of hydrogen-bond acceptors (Lipinski definition) is 8. The highest BCUT2D eigenvalue weighted by Gasteiger charge is 2.04. The monoisotopic (exact) mass is 546 g/mol. The van der Waals surface area contributed by atoms with E-state index in [0.29, 0.717) is 65.7 Å². The van der Waals surface area contributed by atoms with Crippen LogP contribution in [0.4, 0.5) is 0 Å². The van der Waals surface area contributed by atoms with Crippen molar-refractivity contribution >= 4 is 11.9 Å². The second kappa shape index (κ2) is 32.0. The van der Waals surface area contributed by atoms with Gasteiger partial charge < -0.3 is 28.4 Å². The summed E-state index contributed by atoms with van der Waals surface area (Å²) in [6, 6.07) is 0. The summed E-state index contributed by atoms with van der Waals surface area (Å²) in [6.07, 6.45) is 17.6. The second-order valence-electron chi connectivity index (χ2n) is 9.63. The summed E-state index contributed by atoms with van der Waals surface area (Å²) >= 11 is 0. The Hall–Kier alpha value is -1.22. The summed E-state index contributed by atoms with van der Waals surface area (Å²) in [6.45, 7) is 8.57. The van der Waals surface area contributed by atoms with Gasteiger partial charge >= 0.3 is 11.9 Å². The van der Waals surface area contributed by atoms with Crippen molar-refractivity contribution in [2.24, 2.45) is 0 Å². The molecule has 0 saturated carbocycles. The lowest BCUT2D eigenvalue weighted by Crippen LogP contribution is -2.15. The topological polar surface area (TPSA) is 89.5 Å². The standard InChI is InChI=1S/C30H58O8/c1-3-5-7-9-11-13-15-17-29(31)37-27-25-35-23-21-33-19-20-34-22-24-36-26-28-38-30(32)18-16-14-12-10-8-6-4-2/h3-28H2,1-2H3. The smallest absolute Gasteiger partial charge is 0.305 e. The van der Waals surface area contributed by atoms with Crippen LogP contribution < -0.4 is 0 Å². The first-order valence-electron chi connectivity index (χ1n) is 15.3. The van der Waals surface area contributed by atoms with Crippen LogP contribution in [-0.2, 0) is 38.0 Å². The third-order valence-electron chi connectivity index (χ3n) is 6.07. The molecule has 0 fully saturated rings. The number of unbranched alkanes of at least 4 members (excludes halogenated alkanes) is 12. The minimum absolute atomic E-state index is 0.139. The molecule has 0 aliphatic rings. The number of carbonyl (C=O) groups is 2. The van der Waals surface area contributed by atoms with Crippen molar-refractivity contribution in [2.75, 3.05) is 66.1 Å². The number of esters is 2. The van der Waals surface area contributed by atoms with Crippen LogP contribution in [-0.4, -0.2) is 78.0 Å². The lowest BCUT2D eigenvalue weighted by atomic mass is 10.1. The quantitative estimate of drug-likeness (QED) is 0.0727. The van der Waals surface area contributed by atoms with E-state index in [0.717, 1.165) is 25.7 Å². The number of hydrogen-bond donors (Lipinski definition) is 0. The second-order valence-corrected chi connectivity index (χ2v) is 9.63. The summed E-state index contributed by atoms with van der Waals surface area (Å²) in [5, 5.41) is 0. The van der Waals surface area contributed by atoms with Gasteiger partial charge in [0.2, 0.25) is 0 Å². The van der Waals surface area contributed by atoms with Crippen LogP contribution >= 0.6 is 0 Å². The minimum Gasteiger partial charge on any atom is -0.463 e. The van der Waals surface area contributed by atoms with Crippen molar-refractivity contribution in [3.63, 3.8) is 0 Å². The first-order valence-corrected chi connectivity index (χ1v) is 15.3. The van der Waals surface area contributed by atoms with Crippen molar-refractivity contribution in [2.45, 2.75) is 117 Å². The van der Waals surface area contributed by atoms with E-state index < -0.39 is 0 Å². The molecule has 0 amide bonds. The molecule has 8 heteroatoms.